The summed E-state index contributed by atoms with van der Waals surface area (Å²) in [6.45, 7) is 0. The number of hydrogen-bond acceptors (Lipinski definition) is 3. The van der Waals surface area contributed by atoms with Gasteiger partial charge in [0.15, 0.2) is 0 Å². The second-order valence-corrected chi connectivity index (χ2v) is 5.64. The Bertz CT molecular complexity index is 515. The molecule has 1 aromatic carbocycles. The van der Waals surface area contributed by atoms with E-state index in [4.69, 9.17) is 21.3 Å². The molecule has 0 heterocycles. The highest BCUT2D eigenvalue weighted by atomic mass is 31.2. The predicted octanol–water partition coefficient (Wildman–Crippen LogP) is 0.269. The van der Waals surface area contributed by atoms with E-state index in [0.29, 0.717) is 5.56 Å². The van der Waals surface area contributed by atoms with Crippen molar-refractivity contribution in [3.05, 3.63) is 35.4 Å². The second kappa shape index (κ2) is 5.34. The number of alkyl halides is 2. The van der Waals surface area contributed by atoms with Crippen LogP contribution in [0.2, 0.25) is 0 Å². The number of benzene rings is 1. The fraction of sp³-hybridized carbons (Fsp3) is 0.300. The number of primary amides is 1. The summed E-state index contributed by atoms with van der Waals surface area (Å²) in [7, 11) is -5.58. The van der Waals surface area contributed by atoms with Crippen LogP contribution in [0.25, 0.3) is 0 Å². The molecule has 0 aliphatic rings. The summed E-state index contributed by atoms with van der Waals surface area (Å²) >= 11 is 0. The zero-order chi connectivity index (χ0) is 14.8. The van der Waals surface area contributed by atoms with Crippen LogP contribution in [0.15, 0.2) is 24.3 Å². The predicted molar refractivity (Wildman–Crippen MR) is 63.3 cm³/mol. The van der Waals surface area contributed by atoms with E-state index in [9.17, 15) is 18.1 Å². The van der Waals surface area contributed by atoms with E-state index in [-0.39, 0.29) is 6.42 Å². The summed E-state index contributed by atoms with van der Waals surface area (Å²) in [6, 6.07) is 3.22. The highest BCUT2D eigenvalue weighted by molar-refractivity contribution is 7.52. The third-order valence-electron chi connectivity index (χ3n) is 2.49. The van der Waals surface area contributed by atoms with Crippen molar-refractivity contribution in [3.8, 4) is 0 Å². The minimum Gasteiger partial charge on any atom is -0.368 e. The Balaban J connectivity index is 2.94. The Kier molecular flexibility index (Phi) is 4.42. The van der Waals surface area contributed by atoms with E-state index in [0.717, 1.165) is 12.1 Å². The number of hydrogen-bond donors (Lipinski definition) is 4. The standard InChI is InChI=1S/C10H13F2N2O4P/c11-10(12,19(16,17)18)7-3-1-6(2-4-7)5-8(13)9(14)15/h1-4,8H,5,13H2,(H2,14,15)(H2,16,17,18)/t8-/m1/s1. The number of halogens is 2. The van der Waals surface area contributed by atoms with Crippen LogP contribution >= 0.6 is 7.60 Å². The van der Waals surface area contributed by atoms with E-state index in [1.807, 2.05) is 0 Å². The first kappa shape index (κ1) is 15.7. The Morgan fingerprint density at radius 1 is 1.32 bits per heavy atom. The largest absolute Gasteiger partial charge is 0.399 e. The highest BCUT2D eigenvalue weighted by Crippen LogP contribution is 2.59. The summed E-state index contributed by atoms with van der Waals surface area (Å²) in [5.41, 5.74) is 5.74. The zero-order valence-corrected chi connectivity index (χ0v) is 10.6. The van der Waals surface area contributed by atoms with Crippen molar-refractivity contribution in [1.82, 2.24) is 0 Å². The molecule has 106 valence electrons. The molecule has 0 spiro atoms. The third-order valence-corrected chi connectivity index (χ3v) is 3.48. The average Bonchev–Trinajstić information content (AvgIpc) is 2.28. The molecule has 0 saturated heterocycles. The first-order valence-electron chi connectivity index (χ1n) is 5.13. The molecule has 0 aliphatic carbocycles. The number of amides is 1. The van der Waals surface area contributed by atoms with Gasteiger partial charge >= 0.3 is 13.3 Å². The van der Waals surface area contributed by atoms with E-state index in [1.165, 1.54) is 12.1 Å². The lowest BCUT2D eigenvalue weighted by Gasteiger charge is -2.18. The van der Waals surface area contributed by atoms with Crippen LogP contribution in [0.4, 0.5) is 8.78 Å². The summed E-state index contributed by atoms with van der Waals surface area (Å²) in [4.78, 5) is 27.9. The third kappa shape index (κ3) is 3.57. The normalized spacial score (nSPS) is 14.2. The summed E-state index contributed by atoms with van der Waals surface area (Å²) in [5.74, 6) is -0.732. The topological polar surface area (TPSA) is 127 Å². The highest BCUT2D eigenvalue weighted by Gasteiger charge is 2.50. The molecule has 19 heavy (non-hydrogen) atoms. The molecule has 9 heteroatoms. The van der Waals surface area contributed by atoms with Crippen molar-refractivity contribution < 1.29 is 27.9 Å². The maximum atomic E-state index is 13.3. The number of carbonyl (C=O) groups excluding carboxylic acids is 1. The fourth-order valence-electron chi connectivity index (χ4n) is 1.36. The molecular formula is C10H13F2N2O4P. The van der Waals surface area contributed by atoms with Crippen molar-refractivity contribution in [2.45, 2.75) is 18.1 Å². The van der Waals surface area contributed by atoms with Crippen LogP contribution in [0, 0.1) is 0 Å². The molecule has 0 unspecified atom stereocenters. The smallest absolute Gasteiger partial charge is 0.368 e. The Morgan fingerprint density at radius 3 is 2.16 bits per heavy atom. The Labute approximate surface area is 107 Å². The Morgan fingerprint density at radius 2 is 1.79 bits per heavy atom. The fourth-order valence-corrected chi connectivity index (χ4v) is 1.85. The molecule has 1 aromatic rings. The van der Waals surface area contributed by atoms with E-state index in [2.05, 4.69) is 0 Å². The van der Waals surface area contributed by atoms with Gasteiger partial charge in [0.25, 0.3) is 0 Å². The maximum Gasteiger partial charge on any atom is 0.399 e. The molecule has 6 nitrogen and oxygen atoms in total. The van der Waals surface area contributed by atoms with Gasteiger partial charge in [-0.1, -0.05) is 24.3 Å². The maximum absolute atomic E-state index is 13.3. The number of rotatable bonds is 5. The summed E-state index contributed by atoms with van der Waals surface area (Å²) in [6.07, 6.45) is 0.0527. The van der Waals surface area contributed by atoms with Crippen molar-refractivity contribution in [2.24, 2.45) is 11.5 Å². The van der Waals surface area contributed by atoms with Gasteiger partial charge in [0.05, 0.1) is 6.04 Å². The summed E-state index contributed by atoms with van der Waals surface area (Å²) in [5, 5.41) is 0. The minimum atomic E-state index is -5.58. The minimum absolute atomic E-state index is 0.0527. The number of nitrogens with two attached hydrogens (primary N) is 2. The van der Waals surface area contributed by atoms with Gasteiger partial charge in [0, 0.05) is 5.56 Å². The molecule has 6 N–H and O–H groups in total. The molecule has 0 aromatic heterocycles. The number of carbonyl (C=O) groups is 1. The van der Waals surface area contributed by atoms with Gasteiger partial charge in [-0.25, -0.2) is 0 Å². The average molecular weight is 294 g/mol. The van der Waals surface area contributed by atoms with Crippen molar-refractivity contribution in [3.63, 3.8) is 0 Å². The summed E-state index contributed by atoms with van der Waals surface area (Å²) < 4.78 is 37.3. The van der Waals surface area contributed by atoms with E-state index >= 15 is 0 Å². The van der Waals surface area contributed by atoms with Gasteiger partial charge in [-0.05, 0) is 12.0 Å². The first-order chi connectivity index (χ1) is 8.55. The SMILES string of the molecule is NC(=O)[C@H](N)Cc1ccc(C(F)(F)P(=O)(O)O)cc1. The van der Waals surface area contributed by atoms with Crippen LogP contribution in [-0.4, -0.2) is 21.7 Å². The molecule has 1 atom stereocenters. The zero-order valence-electron chi connectivity index (χ0n) is 9.66. The Hall–Kier alpha value is -1.34. The molecule has 1 amide bonds. The monoisotopic (exact) mass is 294 g/mol. The van der Waals surface area contributed by atoms with Crippen molar-refractivity contribution in [1.29, 1.82) is 0 Å². The van der Waals surface area contributed by atoms with Crippen LogP contribution in [0.3, 0.4) is 0 Å². The van der Waals surface area contributed by atoms with Gasteiger partial charge < -0.3 is 21.3 Å². The molecule has 1 rings (SSSR count). The molecule has 0 fully saturated rings. The van der Waals surface area contributed by atoms with Gasteiger partial charge in [-0.2, -0.15) is 8.78 Å². The van der Waals surface area contributed by atoms with Crippen LogP contribution in [0.1, 0.15) is 11.1 Å². The first-order valence-corrected chi connectivity index (χ1v) is 6.74. The molecule has 0 aliphatic heterocycles. The lowest BCUT2D eigenvalue weighted by Crippen LogP contribution is -2.38. The van der Waals surface area contributed by atoms with E-state index in [1.54, 1.807) is 0 Å². The van der Waals surface area contributed by atoms with Crippen LogP contribution in [0.5, 0.6) is 0 Å². The van der Waals surface area contributed by atoms with Gasteiger partial charge in [0.1, 0.15) is 0 Å². The molecular weight excluding hydrogens is 281 g/mol. The lowest BCUT2D eigenvalue weighted by atomic mass is 10.0. The van der Waals surface area contributed by atoms with E-state index < -0.39 is 30.8 Å². The van der Waals surface area contributed by atoms with Crippen LogP contribution < -0.4 is 11.5 Å². The van der Waals surface area contributed by atoms with Crippen molar-refractivity contribution >= 4 is 13.5 Å². The van der Waals surface area contributed by atoms with Crippen molar-refractivity contribution in [2.75, 3.05) is 0 Å². The second-order valence-electron chi connectivity index (χ2n) is 4.00. The van der Waals surface area contributed by atoms with Gasteiger partial charge in [-0.15, -0.1) is 0 Å². The molecule has 0 radical (unpaired) electrons. The van der Waals surface area contributed by atoms with Gasteiger partial charge in [0.2, 0.25) is 5.91 Å². The van der Waals surface area contributed by atoms with Crippen LogP contribution in [-0.2, 0) is 21.4 Å². The molecule has 0 saturated carbocycles. The van der Waals surface area contributed by atoms with Gasteiger partial charge in [-0.3, -0.25) is 9.36 Å². The lowest BCUT2D eigenvalue weighted by molar-refractivity contribution is -0.119. The quantitative estimate of drug-likeness (QED) is 0.580. The molecule has 0 bridgehead atoms.